The van der Waals surface area contributed by atoms with E-state index in [2.05, 4.69) is 13.8 Å². The second-order valence-corrected chi connectivity index (χ2v) is 2.14. The van der Waals surface area contributed by atoms with Gasteiger partial charge in [0.2, 0.25) is 0 Å². The summed E-state index contributed by atoms with van der Waals surface area (Å²) in [6.07, 6.45) is 0. The van der Waals surface area contributed by atoms with E-state index >= 15 is 0 Å². The summed E-state index contributed by atoms with van der Waals surface area (Å²) in [4.78, 5) is 0. The van der Waals surface area contributed by atoms with Gasteiger partial charge in [0.05, 0.1) is 13.2 Å². The van der Waals surface area contributed by atoms with Gasteiger partial charge >= 0.3 is 0 Å². The van der Waals surface area contributed by atoms with Crippen LogP contribution in [0.1, 0.15) is 0 Å². The van der Waals surface area contributed by atoms with Crippen molar-refractivity contribution in [2.75, 3.05) is 13.2 Å². The van der Waals surface area contributed by atoms with Gasteiger partial charge in [-0.05, 0) is 26.0 Å². The molecule has 0 saturated heterocycles. The summed E-state index contributed by atoms with van der Waals surface area (Å²) in [5.74, 6) is 1.44. The summed E-state index contributed by atoms with van der Waals surface area (Å²) < 4.78 is 10.5. The van der Waals surface area contributed by atoms with Crippen molar-refractivity contribution in [2.45, 2.75) is 0 Å². The molecule has 2 heteroatoms. The quantitative estimate of drug-likeness (QED) is 0.678. The Morgan fingerprint density at radius 3 is 1.67 bits per heavy atom. The summed E-state index contributed by atoms with van der Waals surface area (Å²) >= 11 is 0. The number of rotatable bonds is 4. The van der Waals surface area contributed by atoms with Gasteiger partial charge in [0.1, 0.15) is 0 Å². The van der Waals surface area contributed by atoms with Crippen molar-refractivity contribution >= 4 is 0 Å². The molecule has 1 aromatic rings. The van der Waals surface area contributed by atoms with Gasteiger partial charge in [0.15, 0.2) is 11.5 Å². The van der Waals surface area contributed by atoms with E-state index in [0.29, 0.717) is 13.2 Å². The maximum atomic E-state index is 5.23. The van der Waals surface area contributed by atoms with Crippen molar-refractivity contribution in [3.05, 3.63) is 38.1 Å². The standard InChI is InChI=1S/C10H12O2/c1-3-11-9-7-5-6-8-10(9)12-4-2/h5-8H,1-4H2. The Balaban J connectivity index is 2.77. The fraction of sp³-hybridized carbons (Fsp3) is 0.200. The van der Waals surface area contributed by atoms with Crippen LogP contribution in [0.25, 0.3) is 0 Å². The maximum absolute atomic E-state index is 5.23. The van der Waals surface area contributed by atoms with Crippen LogP contribution >= 0.6 is 0 Å². The fourth-order valence-corrected chi connectivity index (χ4v) is 0.909. The molecule has 0 N–H and O–H groups in total. The molecule has 0 amide bonds. The summed E-state index contributed by atoms with van der Waals surface area (Å²) in [6, 6.07) is 7.47. The Morgan fingerprint density at radius 2 is 1.33 bits per heavy atom. The Morgan fingerprint density at radius 1 is 0.917 bits per heavy atom. The average Bonchev–Trinajstić information content (AvgIpc) is 2.09. The van der Waals surface area contributed by atoms with Crippen LogP contribution < -0.4 is 9.47 Å². The Labute approximate surface area is 73.1 Å². The molecule has 1 aromatic carbocycles. The molecule has 2 radical (unpaired) electrons. The van der Waals surface area contributed by atoms with Crippen molar-refractivity contribution < 1.29 is 9.47 Å². The molecular weight excluding hydrogens is 152 g/mol. The number of hydrogen-bond donors (Lipinski definition) is 0. The van der Waals surface area contributed by atoms with Crippen LogP contribution in [0.15, 0.2) is 24.3 Å². The molecule has 1 rings (SSSR count). The van der Waals surface area contributed by atoms with E-state index in [-0.39, 0.29) is 0 Å². The third-order valence-electron chi connectivity index (χ3n) is 1.36. The smallest absolute Gasteiger partial charge is 0.161 e. The monoisotopic (exact) mass is 164 g/mol. The highest BCUT2D eigenvalue weighted by Gasteiger charge is 2.00. The lowest BCUT2D eigenvalue weighted by molar-refractivity contribution is 0.306. The molecule has 0 atom stereocenters. The molecule has 2 nitrogen and oxygen atoms in total. The second kappa shape index (κ2) is 4.65. The lowest BCUT2D eigenvalue weighted by Crippen LogP contribution is -1.97. The number of hydrogen-bond acceptors (Lipinski definition) is 2. The first-order chi connectivity index (χ1) is 5.88. The number of ether oxygens (including phenoxy) is 2. The highest BCUT2D eigenvalue weighted by molar-refractivity contribution is 5.39. The van der Waals surface area contributed by atoms with Crippen LogP contribution in [0.4, 0.5) is 0 Å². The van der Waals surface area contributed by atoms with Gasteiger partial charge in [0, 0.05) is 0 Å². The van der Waals surface area contributed by atoms with E-state index in [4.69, 9.17) is 9.47 Å². The normalized spacial score (nSPS) is 9.50. The zero-order valence-corrected chi connectivity index (χ0v) is 6.95. The largest absolute Gasteiger partial charge is 0.490 e. The van der Waals surface area contributed by atoms with E-state index in [9.17, 15) is 0 Å². The molecule has 0 aliphatic rings. The zero-order chi connectivity index (χ0) is 8.81. The van der Waals surface area contributed by atoms with Gasteiger partial charge < -0.3 is 9.47 Å². The van der Waals surface area contributed by atoms with Gasteiger partial charge in [-0.25, -0.2) is 0 Å². The Bertz CT molecular complexity index is 208. The molecule has 0 unspecified atom stereocenters. The third-order valence-corrected chi connectivity index (χ3v) is 1.36. The van der Waals surface area contributed by atoms with Gasteiger partial charge in [-0.1, -0.05) is 12.1 Å². The van der Waals surface area contributed by atoms with Crippen LogP contribution in [-0.2, 0) is 0 Å². The average molecular weight is 164 g/mol. The highest BCUT2D eigenvalue weighted by atomic mass is 16.5. The van der Waals surface area contributed by atoms with Crippen molar-refractivity contribution in [1.29, 1.82) is 0 Å². The minimum atomic E-state index is 0.400. The van der Waals surface area contributed by atoms with E-state index in [1.807, 2.05) is 24.3 Å². The molecule has 0 aromatic heterocycles. The van der Waals surface area contributed by atoms with Crippen molar-refractivity contribution in [1.82, 2.24) is 0 Å². The maximum Gasteiger partial charge on any atom is 0.161 e. The minimum absolute atomic E-state index is 0.400. The van der Waals surface area contributed by atoms with Crippen LogP contribution in [0.2, 0.25) is 0 Å². The molecule has 64 valence electrons. The molecule has 0 spiro atoms. The number of benzene rings is 1. The van der Waals surface area contributed by atoms with E-state index in [1.54, 1.807) is 0 Å². The number of para-hydroxylation sites is 2. The van der Waals surface area contributed by atoms with Crippen LogP contribution in [0, 0.1) is 13.8 Å². The molecule has 0 aliphatic heterocycles. The van der Waals surface area contributed by atoms with Crippen LogP contribution in [0.3, 0.4) is 0 Å². The summed E-state index contributed by atoms with van der Waals surface area (Å²) in [5, 5.41) is 0. The van der Waals surface area contributed by atoms with Gasteiger partial charge in [-0.15, -0.1) is 0 Å². The summed E-state index contributed by atoms with van der Waals surface area (Å²) in [6.45, 7) is 7.98. The van der Waals surface area contributed by atoms with Crippen molar-refractivity contribution in [3.8, 4) is 11.5 Å². The Kier molecular flexibility index (Phi) is 3.45. The lowest BCUT2D eigenvalue weighted by Gasteiger charge is -2.09. The Hall–Kier alpha value is -1.18. The molecule has 0 fully saturated rings. The molecule has 0 aliphatic carbocycles. The zero-order valence-electron chi connectivity index (χ0n) is 6.95. The SMILES string of the molecule is [CH2]COc1ccccc1OC[CH2]. The molecule has 0 bridgehead atoms. The predicted molar refractivity (Wildman–Crippen MR) is 48.1 cm³/mol. The fourth-order valence-electron chi connectivity index (χ4n) is 0.909. The highest BCUT2D eigenvalue weighted by Crippen LogP contribution is 2.25. The summed E-state index contributed by atoms with van der Waals surface area (Å²) in [5.41, 5.74) is 0. The van der Waals surface area contributed by atoms with E-state index < -0.39 is 0 Å². The first-order valence-corrected chi connectivity index (χ1v) is 3.81. The second-order valence-electron chi connectivity index (χ2n) is 2.14. The predicted octanol–water partition coefficient (Wildman–Crippen LogP) is 2.11. The molecule has 0 saturated carbocycles. The van der Waals surface area contributed by atoms with Crippen LogP contribution in [0.5, 0.6) is 11.5 Å². The minimum Gasteiger partial charge on any atom is -0.490 e. The van der Waals surface area contributed by atoms with Crippen LogP contribution in [-0.4, -0.2) is 13.2 Å². The van der Waals surface area contributed by atoms with E-state index in [0.717, 1.165) is 11.5 Å². The first-order valence-electron chi connectivity index (χ1n) is 3.81. The third kappa shape index (κ3) is 2.16. The first kappa shape index (κ1) is 8.91. The van der Waals surface area contributed by atoms with Gasteiger partial charge in [-0.2, -0.15) is 0 Å². The summed E-state index contributed by atoms with van der Waals surface area (Å²) in [7, 11) is 0. The molecular formula is C10H12O2. The topological polar surface area (TPSA) is 18.5 Å². The van der Waals surface area contributed by atoms with Crippen molar-refractivity contribution in [2.24, 2.45) is 0 Å². The van der Waals surface area contributed by atoms with E-state index in [1.165, 1.54) is 0 Å². The van der Waals surface area contributed by atoms with Crippen molar-refractivity contribution in [3.63, 3.8) is 0 Å². The van der Waals surface area contributed by atoms with Gasteiger partial charge in [-0.3, -0.25) is 0 Å². The molecule has 0 heterocycles. The lowest BCUT2D eigenvalue weighted by atomic mass is 10.3. The van der Waals surface area contributed by atoms with Gasteiger partial charge in [0.25, 0.3) is 0 Å². The molecule has 12 heavy (non-hydrogen) atoms.